The van der Waals surface area contributed by atoms with Crippen molar-refractivity contribution in [3.8, 4) is 0 Å². The van der Waals surface area contributed by atoms with E-state index in [1.54, 1.807) is 20.7 Å². The molecule has 0 amide bonds. The summed E-state index contributed by atoms with van der Waals surface area (Å²) in [4.78, 5) is 3.34. The normalized spacial score (nSPS) is 24.8. The van der Waals surface area contributed by atoms with E-state index in [1.165, 1.54) is 4.88 Å². The summed E-state index contributed by atoms with van der Waals surface area (Å²) in [6.45, 7) is 2.51. The van der Waals surface area contributed by atoms with E-state index in [1.807, 2.05) is 11.4 Å². The number of hydrogen-bond acceptors (Lipinski definition) is 8. The standard InChI is InChI=1S/C16H23N5O3S3/c22-27(23)8-5-13(11-27)19(10-15-4-2-7-26-15)12-21-16(25)20(17-18-21)9-14-3-1-6-24-14/h2,4,7,13-14H,1,3,5-6,8-12H2/t13-,14-/m0/s1. The Bertz CT molecular complexity index is 916. The molecule has 2 aliphatic heterocycles. The van der Waals surface area contributed by atoms with E-state index in [2.05, 4.69) is 21.4 Å². The first-order valence-electron chi connectivity index (χ1n) is 9.09. The van der Waals surface area contributed by atoms with E-state index in [9.17, 15) is 8.42 Å². The molecule has 148 valence electrons. The summed E-state index contributed by atoms with van der Waals surface area (Å²) in [6, 6.07) is 4.05. The number of nitrogens with zero attached hydrogens (tertiary/aromatic N) is 5. The molecule has 2 aliphatic rings. The van der Waals surface area contributed by atoms with Gasteiger partial charge in [-0.25, -0.2) is 17.8 Å². The molecule has 2 aromatic heterocycles. The van der Waals surface area contributed by atoms with Gasteiger partial charge in [0.15, 0.2) is 9.84 Å². The second-order valence-corrected chi connectivity index (χ2v) is 10.7. The van der Waals surface area contributed by atoms with Gasteiger partial charge in [0.05, 0.1) is 30.8 Å². The van der Waals surface area contributed by atoms with Crippen molar-refractivity contribution in [1.82, 2.24) is 24.7 Å². The van der Waals surface area contributed by atoms with Crippen molar-refractivity contribution < 1.29 is 13.2 Å². The van der Waals surface area contributed by atoms with Crippen LogP contribution in [0.1, 0.15) is 24.1 Å². The molecule has 0 spiro atoms. The van der Waals surface area contributed by atoms with Crippen LogP contribution in [0.5, 0.6) is 0 Å². The topological polar surface area (TPSA) is 82.3 Å². The number of ether oxygens (including phenoxy) is 1. The maximum absolute atomic E-state index is 12.0. The van der Waals surface area contributed by atoms with Crippen LogP contribution in [-0.4, -0.2) is 63.4 Å². The Balaban J connectivity index is 1.50. The van der Waals surface area contributed by atoms with E-state index in [0.29, 0.717) is 31.0 Å². The number of rotatable bonds is 7. The molecule has 0 radical (unpaired) electrons. The van der Waals surface area contributed by atoms with Gasteiger partial charge in [-0.05, 0) is 53.4 Å². The van der Waals surface area contributed by atoms with Crippen LogP contribution in [0.4, 0.5) is 0 Å². The third kappa shape index (κ3) is 4.65. The molecule has 2 saturated heterocycles. The second-order valence-electron chi connectivity index (χ2n) is 7.10. The molecule has 0 aliphatic carbocycles. The molecule has 27 heavy (non-hydrogen) atoms. The average Bonchev–Trinajstić information content (AvgIpc) is 3.40. The number of sulfone groups is 1. The molecule has 0 N–H and O–H groups in total. The molecular formula is C16H23N5O3S3. The van der Waals surface area contributed by atoms with Crippen LogP contribution in [0.3, 0.4) is 0 Å². The van der Waals surface area contributed by atoms with Crippen molar-refractivity contribution in [3.63, 3.8) is 0 Å². The highest BCUT2D eigenvalue weighted by Gasteiger charge is 2.33. The third-order valence-electron chi connectivity index (χ3n) is 5.08. The van der Waals surface area contributed by atoms with Crippen molar-refractivity contribution in [2.24, 2.45) is 0 Å². The van der Waals surface area contributed by atoms with Crippen molar-refractivity contribution in [1.29, 1.82) is 0 Å². The third-order valence-corrected chi connectivity index (χ3v) is 8.11. The minimum Gasteiger partial charge on any atom is -0.376 e. The van der Waals surface area contributed by atoms with Gasteiger partial charge in [-0.15, -0.1) is 11.3 Å². The Morgan fingerprint density at radius 1 is 1.33 bits per heavy atom. The lowest BCUT2D eigenvalue weighted by molar-refractivity contribution is 0.0929. The summed E-state index contributed by atoms with van der Waals surface area (Å²) in [5.41, 5.74) is 0. The zero-order chi connectivity index (χ0) is 18.9. The van der Waals surface area contributed by atoms with Gasteiger partial charge in [-0.3, -0.25) is 4.90 Å². The first kappa shape index (κ1) is 19.2. The average molecular weight is 430 g/mol. The Labute approximate surface area is 167 Å². The lowest BCUT2D eigenvalue weighted by Gasteiger charge is -2.26. The quantitative estimate of drug-likeness (QED) is 0.620. The fraction of sp³-hybridized carbons (Fsp3) is 0.688. The maximum atomic E-state index is 12.0. The molecule has 0 saturated carbocycles. The van der Waals surface area contributed by atoms with Crippen LogP contribution in [0.2, 0.25) is 0 Å². The molecule has 0 unspecified atom stereocenters. The molecule has 11 heteroatoms. The highest BCUT2D eigenvalue weighted by atomic mass is 32.2. The minimum absolute atomic E-state index is 0.0256. The molecule has 0 bridgehead atoms. The van der Waals surface area contributed by atoms with Crippen molar-refractivity contribution in [2.45, 2.75) is 51.2 Å². The van der Waals surface area contributed by atoms with Crippen molar-refractivity contribution in [2.75, 3.05) is 18.1 Å². The van der Waals surface area contributed by atoms with Gasteiger partial charge in [-0.2, -0.15) is 0 Å². The maximum Gasteiger partial charge on any atom is 0.217 e. The first-order valence-corrected chi connectivity index (χ1v) is 12.2. The lowest BCUT2D eigenvalue weighted by Crippen LogP contribution is -2.37. The summed E-state index contributed by atoms with van der Waals surface area (Å²) in [7, 11) is -2.96. The Hall–Kier alpha value is -1.14. The van der Waals surface area contributed by atoms with E-state index < -0.39 is 9.84 Å². The van der Waals surface area contributed by atoms with Crippen LogP contribution >= 0.6 is 23.6 Å². The van der Waals surface area contributed by atoms with Gasteiger partial charge < -0.3 is 4.74 Å². The zero-order valence-electron chi connectivity index (χ0n) is 14.9. The van der Waals surface area contributed by atoms with Crippen LogP contribution in [0.25, 0.3) is 0 Å². The Kier molecular flexibility index (Phi) is 5.74. The predicted molar refractivity (Wildman–Crippen MR) is 105 cm³/mol. The highest BCUT2D eigenvalue weighted by molar-refractivity contribution is 7.91. The minimum atomic E-state index is -2.96. The Morgan fingerprint density at radius 2 is 2.19 bits per heavy atom. The number of tetrazole rings is 1. The largest absolute Gasteiger partial charge is 0.376 e. The van der Waals surface area contributed by atoms with Crippen molar-refractivity contribution in [3.05, 3.63) is 27.2 Å². The van der Waals surface area contributed by atoms with Gasteiger partial charge in [0, 0.05) is 24.1 Å². The summed E-state index contributed by atoms with van der Waals surface area (Å²) in [6.07, 6.45) is 2.87. The van der Waals surface area contributed by atoms with E-state index in [4.69, 9.17) is 17.0 Å². The van der Waals surface area contributed by atoms with E-state index in [0.717, 1.165) is 19.4 Å². The van der Waals surface area contributed by atoms with Crippen LogP contribution in [-0.2, 0) is 34.3 Å². The summed E-state index contributed by atoms with van der Waals surface area (Å²) in [5, 5.41) is 10.4. The molecule has 8 nitrogen and oxygen atoms in total. The molecule has 2 atom stereocenters. The van der Waals surface area contributed by atoms with Gasteiger partial charge >= 0.3 is 0 Å². The summed E-state index contributed by atoms with van der Waals surface area (Å²) in [5.74, 6) is 0.436. The molecule has 0 aromatic carbocycles. The van der Waals surface area contributed by atoms with Crippen LogP contribution in [0.15, 0.2) is 17.5 Å². The Morgan fingerprint density at radius 3 is 2.85 bits per heavy atom. The van der Waals surface area contributed by atoms with Crippen LogP contribution in [0, 0.1) is 4.77 Å². The fourth-order valence-corrected chi connectivity index (χ4v) is 6.32. The van der Waals surface area contributed by atoms with Crippen LogP contribution < -0.4 is 0 Å². The fourth-order valence-electron chi connectivity index (χ4n) is 3.62. The molecule has 2 fully saturated rings. The molecule has 4 heterocycles. The zero-order valence-corrected chi connectivity index (χ0v) is 17.4. The SMILES string of the molecule is O=S1(=O)CC[C@H](N(Cc2cccs2)Cn2nnn(C[C@@H]3CCCO3)c2=S)C1. The lowest BCUT2D eigenvalue weighted by atomic mass is 10.2. The first-order chi connectivity index (χ1) is 13.0. The predicted octanol–water partition coefficient (Wildman–Crippen LogP) is 1.70. The van der Waals surface area contributed by atoms with Gasteiger partial charge in [0.1, 0.15) is 0 Å². The number of hydrogen-bond donors (Lipinski definition) is 0. The molecule has 4 rings (SSSR count). The van der Waals surface area contributed by atoms with Gasteiger partial charge in [0.25, 0.3) is 0 Å². The summed E-state index contributed by atoms with van der Waals surface area (Å²) >= 11 is 7.22. The van der Waals surface area contributed by atoms with E-state index >= 15 is 0 Å². The number of thiophene rings is 1. The molecular weight excluding hydrogens is 406 g/mol. The smallest absolute Gasteiger partial charge is 0.217 e. The highest BCUT2D eigenvalue weighted by Crippen LogP contribution is 2.22. The van der Waals surface area contributed by atoms with Gasteiger partial charge in [-0.1, -0.05) is 6.07 Å². The number of aromatic nitrogens is 4. The monoisotopic (exact) mass is 429 g/mol. The molecule has 2 aromatic rings. The summed E-state index contributed by atoms with van der Waals surface area (Å²) < 4.78 is 33.5. The van der Waals surface area contributed by atoms with Crippen molar-refractivity contribution >= 4 is 33.4 Å². The van der Waals surface area contributed by atoms with E-state index in [-0.39, 0.29) is 23.7 Å². The van der Waals surface area contributed by atoms with Gasteiger partial charge in [0.2, 0.25) is 4.77 Å². The second kappa shape index (κ2) is 8.08.